The van der Waals surface area contributed by atoms with Crippen molar-refractivity contribution in [2.75, 3.05) is 18.5 Å². The van der Waals surface area contributed by atoms with Crippen LogP contribution in [0.25, 0.3) is 0 Å². The van der Waals surface area contributed by atoms with Gasteiger partial charge in [0.2, 0.25) is 11.8 Å². The molecule has 1 saturated heterocycles. The van der Waals surface area contributed by atoms with Crippen LogP contribution in [0.4, 0.5) is 5.69 Å². The third-order valence-electron chi connectivity index (χ3n) is 7.63. The maximum Gasteiger partial charge on any atom is 0.326 e. The van der Waals surface area contributed by atoms with Crippen molar-refractivity contribution in [2.45, 2.75) is 18.8 Å². The Hall–Kier alpha value is -3.78. The molecule has 1 heterocycles. The van der Waals surface area contributed by atoms with Crippen LogP contribution >= 0.6 is 15.9 Å². The van der Waals surface area contributed by atoms with Crippen molar-refractivity contribution in [3.63, 3.8) is 0 Å². The fourth-order valence-electron chi connectivity index (χ4n) is 6.14. The number of carbonyl (C=O) groups is 4. The standard InChI is InChI=1S/C29H23BrN2O5/c1-15-12-16(10-11-21(15)30)31-22(33)14-37-23(34)13-32-28(35)26-24-17-6-2-3-7-18(17)25(27(26)29(32)36)20-9-5-4-8-19(20)24/h2-12,24-27H,13-14H2,1H3,(H,31,33)/t24?,25?,26-,27+. The van der Waals surface area contributed by atoms with E-state index in [4.69, 9.17) is 4.74 Å². The second kappa shape index (κ2) is 8.95. The van der Waals surface area contributed by atoms with Crippen LogP contribution in [0, 0.1) is 18.8 Å². The molecule has 3 aromatic rings. The number of esters is 1. The van der Waals surface area contributed by atoms with Crippen molar-refractivity contribution >= 4 is 45.3 Å². The highest BCUT2D eigenvalue weighted by Gasteiger charge is 2.61. The molecule has 186 valence electrons. The normalized spacial score (nSPS) is 22.8. The maximum atomic E-state index is 13.5. The summed E-state index contributed by atoms with van der Waals surface area (Å²) in [5, 5.41) is 2.67. The highest BCUT2D eigenvalue weighted by Crippen LogP contribution is 2.60. The fourth-order valence-corrected chi connectivity index (χ4v) is 6.38. The molecule has 0 radical (unpaired) electrons. The van der Waals surface area contributed by atoms with E-state index in [0.717, 1.165) is 37.2 Å². The van der Waals surface area contributed by atoms with Crippen LogP contribution in [0.1, 0.15) is 39.7 Å². The third-order valence-corrected chi connectivity index (χ3v) is 8.52. The number of anilines is 1. The lowest BCUT2D eigenvalue weighted by Crippen LogP contribution is -2.41. The number of likely N-dealkylation sites (tertiary alicyclic amines) is 1. The Morgan fingerprint density at radius 1 is 0.865 bits per heavy atom. The quantitative estimate of drug-likeness (QED) is 0.375. The van der Waals surface area contributed by atoms with E-state index < -0.39 is 36.9 Å². The molecule has 0 aromatic heterocycles. The summed E-state index contributed by atoms with van der Waals surface area (Å²) in [6.07, 6.45) is 0. The molecule has 0 spiro atoms. The first-order valence-corrected chi connectivity index (χ1v) is 12.9. The van der Waals surface area contributed by atoms with Gasteiger partial charge in [0.15, 0.2) is 6.61 Å². The number of imide groups is 1. The Morgan fingerprint density at radius 3 is 1.86 bits per heavy atom. The van der Waals surface area contributed by atoms with Gasteiger partial charge >= 0.3 is 5.97 Å². The van der Waals surface area contributed by atoms with Gasteiger partial charge in [-0.3, -0.25) is 24.1 Å². The molecule has 1 N–H and O–H groups in total. The van der Waals surface area contributed by atoms with Crippen molar-refractivity contribution in [1.29, 1.82) is 0 Å². The highest BCUT2D eigenvalue weighted by molar-refractivity contribution is 9.10. The lowest BCUT2D eigenvalue weighted by molar-refractivity contribution is -0.154. The van der Waals surface area contributed by atoms with Gasteiger partial charge in [0.25, 0.3) is 5.91 Å². The minimum Gasteiger partial charge on any atom is -0.454 e. The number of nitrogens with zero attached hydrogens (tertiary/aromatic N) is 1. The number of aryl methyl sites for hydroxylation is 1. The summed E-state index contributed by atoms with van der Waals surface area (Å²) in [6, 6.07) is 21.2. The molecule has 1 fully saturated rings. The largest absolute Gasteiger partial charge is 0.454 e. The molecule has 2 bridgehead atoms. The van der Waals surface area contributed by atoms with Gasteiger partial charge in [0, 0.05) is 22.0 Å². The second-order valence-electron chi connectivity index (χ2n) is 9.70. The van der Waals surface area contributed by atoms with E-state index in [9.17, 15) is 19.2 Å². The molecule has 3 aliphatic carbocycles. The van der Waals surface area contributed by atoms with Crippen LogP contribution in [-0.4, -0.2) is 41.7 Å². The van der Waals surface area contributed by atoms with Gasteiger partial charge in [-0.15, -0.1) is 0 Å². The van der Waals surface area contributed by atoms with E-state index in [-0.39, 0.29) is 23.7 Å². The lowest BCUT2D eigenvalue weighted by Gasteiger charge is -2.45. The number of amides is 3. The van der Waals surface area contributed by atoms with Gasteiger partial charge < -0.3 is 10.1 Å². The molecular weight excluding hydrogens is 536 g/mol. The number of carbonyl (C=O) groups excluding carboxylic acids is 4. The van der Waals surface area contributed by atoms with E-state index in [2.05, 4.69) is 21.2 Å². The number of hydrogen-bond acceptors (Lipinski definition) is 5. The van der Waals surface area contributed by atoms with Crippen molar-refractivity contribution in [3.8, 4) is 0 Å². The molecular formula is C29H23BrN2O5. The summed E-state index contributed by atoms with van der Waals surface area (Å²) in [6.45, 7) is 0.866. The van der Waals surface area contributed by atoms with E-state index >= 15 is 0 Å². The molecule has 1 aliphatic heterocycles. The zero-order chi connectivity index (χ0) is 25.8. The SMILES string of the molecule is Cc1cc(NC(=O)COC(=O)CN2C(=O)[C@@H]3C4c5ccccc5C(c5ccccc54)[C@@H]3C2=O)ccc1Br. The van der Waals surface area contributed by atoms with Gasteiger partial charge in [-0.25, -0.2) is 0 Å². The van der Waals surface area contributed by atoms with E-state index in [0.29, 0.717) is 5.69 Å². The molecule has 37 heavy (non-hydrogen) atoms. The minimum atomic E-state index is -0.801. The molecule has 3 amide bonds. The Bertz CT molecular complexity index is 1370. The number of ether oxygens (including phenoxy) is 1. The summed E-state index contributed by atoms with van der Waals surface area (Å²) in [7, 11) is 0. The maximum absolute atomic E-state index is 13.5. The second-order valence-corrected chi connectivity index (χ2v) is 10.6. The minimum absolute atomic E-state index is 0.236. The Morgan fingerprint density at radius 2 is 1.38 bits per heavy atom. The zero-order valence-corrected chi connectivity index (χ0v) is 21.5. The number of hydrogen-bond donors (Lipinski definition) is 1. The fraction of sp³-hybridized carbons (Fsp3) is 0.241. The van der Waals surface area contributed by atoms with E-state index in [1.54, 1.807) is 12.1 Å². The first-order valence-electron chi connectivity index (χ1n) is 12.1. The number of benzene rings is 3. The smallest absolute Gasteiger partial charge is 0.326 e. The van der Waals surface area contributed by atoms with Crippen LogP contribution < -0.4 is 5.32 Å². The Labute approximate surface area is 221 Å². The summed E-state index contributed by atoms with van der Waals surface area (Å²) in [4.78, 5) is 53.0. The predicted octanol–water partition coefficient (Wildman–Crippen LogP) is 4.13. The highest BCUT2D eigenvalue weighted by atomic mass is 79.9. The average molecular weight is 559 g/mol. The molecule has 0 saturated carbocycles. The third kappa shape index (κ3) is 3.78. The van der Waals surface area contributed by atoms with Gasteiger partial charge in [0.05, 0.1) is 11.8 Å². The molecule has 8 heteroatoms. The summed E-state index contributed by atoms with van der Waals surface area (Å²) in [5.41, 5.74) is 5.79. The van der Waals surface area contributed by atoms with Gasteiger partial charge in [-0.2, -0.15) is 0 Å². The molecule has 7 rings (SSSR count). The zero-order valence-electron chi connectivity index (χ0n) is 19.9. The van der Waals surface area contributed by atoms with Gasteiger partial charge in [0.1, 0.15) is 6.54 Å². The van der Waals surface area contributed by atoms with Crippen LogP contribution in [0.3, 0.4) is 0 Å². The number of halogens is 1. The Balaban J connectivity index is 1.17. The Kier molecular flexibility index (Phi) is 5.71. The summed E-state index contributed by atoms with van der Waals surface area (Å²) < 4.78 is 6.04. The van der Waals surface area contributed by atoms with Crippen molar-refractivity contribution in [1.82, 2.24) is 4.90 Å². The molecule has 2 atom stereocenters. The van der Waals surface area contributed by atoms with Gasteiger partial charge in [-0.1, -0.05) is 64.5 Å². The van der Waals surface area contributed by atoms with Crippen molar-refractivity contribution in [2.24, 2.45) is 11.8 Å². The van der Waals surface area contributed by atoms with E-state index in [1.165, 1.54) is 0 Å². The van der Waals surface area contributed by atoms with Crippen LogP contribution in [0.2, 0.25) is 0 Å². The molecule has 3 aromatic carbocycles. The van der Waals surface area contributed by atoms with Crippen LogP contribution in [0.5, 0.6) is 0 Å². The van der Waals surface area contributed by atoms with Crippen molar-refractivity contribution < 1.29 is 23.9 Å². The summed E-state index contributed by atoms with van der Waals surface area (Å²) >= 11 is 3.41. The topological polar surface area (TPSA) is 92.8 Å². The summed E-state index contributed by atoms with van der Waals surface area (Å²) in [5.74, 6) is -3.61. The van der Waals surface area contributed by atoms with E-state index in [1.807, 2.05) is 61.5 Å². The molecule has 0 unspecified atom stereocenters. The number of rotatable bonds is 5. The number of nitrogens with one attached hydrogen (secondary N) is 1. The first-order chi connectivity index (χ1) is 17.8. The predicted molar refractivity (Wildman–Crippen MR) is 139 cm³/mol. The molecule has 7 nitrogen and oxygen atoms in total. The van der Waals surface area contributed by atoms with Crippen LogP contribution in [-0.2, 0) is 23.9 Å². The lowest BCUT2D eigenvalue weighted by atomic mass is 9.55. The monoisotopic (exact) mass is 558 g/mol. The first kappa shape index (κ1) is 23.6. The van der Waals surface area contributed by atoms with Crippen LogP contribution in [0.15, 0.2) is 71.2 Å². The van der Waals surface area contributed by atoms with Gasteiger partial charge in [-0.05, 0) is 52.9 Å². The molecule has 4 aliphatic rings. The average Bonchev–Trinajstić information content (AvgIpc) is 3.15. The van der Waals surface area contributed by atoms with Crippen molar-refractivity contribution in [3.05, 3.63) is 99.0 Å².